The number of fused-ring (bicyclic) bond motifs is 1. The minimum absolute atomic E-state index is 0.0629. The van der Waals surface area contributed by atoms with E-state index in [1.54, 1.807) is 30.5 Å². The van der Waals surface area contributed by atoms with Crippen molar-refractivity contribution in [3.63, 3.8) is 0 Å². The molecule has 1 unspecified atom stereocenters. The van der Waals surface area contributed by atoms with Crippen LogP contribution in [0.3, 0.4) is 0 Å². The van der Waals surface area contributed by atoms with Crippen LogP contribution in [0.2, 0.25) is 0 Å². The molecule has 0 radical (unpaired) electrons. The average molecular weight is 622 g/mol. The quantitative estimate of drug-likeness (QED) is 0.353. The first-order valence-electron chi connectivity index (χ1n) is 15.4. The summed E-state index contributed by atoms with van der Waals surface area (Å²) in [7, 11) is -1.08. The van der Waals surface area contributed by atoms with Crippen molar-refractivity contribution in [1.82, 2.24) is 15.2 Å². The number of halogens is 3. The van der Waals surface area contributed by atoms with Crippen LogP contribution >= 0.6 is 0 Å². The highest BCUT2D eigenvalue weighted by Crippen LogP contribution is 2.43. The normalized spacial score (nSPS) is 24.8. The number of amides is 1. The summed E-state index contributed by atoms with van der Waals surface area (Å²) in [5.74, 6) is -0.331. The van der Waals surface area contributed by atoms with Crippen LogP contribution in [0.5, 0.6) is 0 Å². The van der Waals surface area contributed by atoms with Gasteiger partial charge in [0.25, 0.3) is 5.91 Å². The average Bonchev–Trinajstić information content (AvgIpc) is 3.35. The molecule has 5 rings (SSSR count). The number of ether oxygens (including phenoxy) is 1. The molecule has 2 aliphatic heterocycles. The summed E-state index contributed by atoms with van der Waals surface area (Å²) in [6, 6.07) is 8.35. The van der Waals surface area contributed by atoms with E-state index in [2.05, 4.69) is 10.2 Å². The smallest absolute Gasteiger partial charge is 0.391 e. The van der Waals surface area contributed by atoms with Crippen LogP contribution in [0.25, 0.3) is 0 Å². The zero-order valence-corrected chi connectivity index (χ0v) is 25.5. The van der Waals surface area contributed by atoms with Crippen LogP contribution in [-0.4, -0.2) is 63.4 Å². The molecule has 2 N–H and O–H groups in total. The third-order valence-corrected chi connectivity index (χ3v) is 10.7. The van der Waals surface area contributed by atoms with Crippen molar-refractivity contribution >= 4 is 16.7 Å². The van der Waals surface area contributed by atoms with Gasteiger partial charge in [0.1, 0.15) is 0 Å². The van der Waals surface area contributed by atoms with Gasteiger partial charge in [-0.3, -0.25) is 18.9 Å². The molecule has 2 aromatic rings. The maximum Gasteiger partial charge on any atom is 0.391 e. The second kappa shape index (κ2) is 14.2. The Morgan fingerprint density at radius 2 is 1.81 bits per heavy atom. The Balaban J connectivity index is 1.29. The third-order valence-electron chi connectivity index (χ3n) is 9.39. The minimum atomic E-state index is -4.12. The molecule has 236 valence electrons. The van der Waals surface area contributed by atoms with E-state index in [0.29, 0.717) is 47.1 Å². The predicted octanol–water partition coefficient (Wildman–Crippen LogP) is 5.71. The van der Waals surface area contributed by atoms with Crippen LogP contribution in [0.4, 0.5) is 13.2 Å². The van der Waals surface area contributed by atoms with Crippen molar-refractivity contribution in [2.45, 2.75) is 81.6 Å². The molecular weight excluding hydrogens is 579 g/mol. The number of carbonyl (C=O) groups is 1. The van der Waals surface area contributed by atoms with Crippen LogP contribution < -0.4 is 5.32 Å². The fourth-order valence-electron chi connectivity index (χ4n) is 6.82. The molecule has 1 amide bonds. The number of pyridine rings is 1. The molecule has 2 fully saturated rings. The van der Waals surface area contributed by atoms with Crippen molar-refractivity contribution in [2.24, 2.45) is 17.8 Å². The Labute approximate surface area is 254 Å². The summed E-state index contributed by atoms with van der Waals surface area (Å²) in [6.45, 7) is 4.36. The zero-order valence-electron chi connectivity index (χ0n) is 24.7. The van der Waals surface area contributed by atoms with Crippen LogP contribution in [-0.2, 0) is 22.1 Å². The van der Waals surface area contributed by atoms with Gasteiger partial charge in [-0.05, 0) is 86.1 Å². The topological polar surface area (TPSA) is 91.8 Å². The van der Waals surface area contributed by atoms with E-state index in [1.807, 2.05) is 13.0 Å². The first kappa shape index (κ1) is 32.1. The molecule has 43 heavy (non-hydrogen) atoms. The Kier molecular flexibility index (Phi) is 10.6. The van der Waals surface area contributed by atoms with Crippen molar-refractivity contribution in [1.29, 1.82) is 0 Å². The number of hydrogen-bond acceptors (Lipinski definition) is 6. The lowest BCUT2D eigenvalue weighted by Crippen LogP contribution is -2.34. The van der Waals surface area contributed by atoms with Crippen molar-refractivity contribution in [2.75, 3.05) is 32.1 Å². The molecule has 7 nitrogen and oxygen atoms in total. The van der Waals surface area contributed by atoms with E-state index in [-0.39, 0.29) is 37.3 Å². The van der Waals surface area contributed by atoms with Gasteiger partial charge in [-0.2, -0.15) is 13.2 Å². The highest BCUT2D eigenvalue weighted by Gasteiger charge is 2.42. The van der Waals surface area contributed by atoms with E-state index >= 15 is 0 Å². The van der Waals surface area contributed by atoms with Crippen LogP contribution in [0.15, 0.2) is 41.4 Å². The molecule has 0 spiro atoms. The number of aliphatic hydroxyl groups excluding tert-OH is 1. The molecule has 1 saturated heterocycles. The van der Waals surface area contributed by atoms with Crippen molar-refractivity contribution in [3.05, 3.63) is 58.9 Å². The summed E-state index contributed by atoms with van der Waals surface area (Å²) in [4.78, 5) is 21.1. The lowest BCUT2D eigenvalue weighted by atomic mass is 9.81. The van der Waals surface area contributed by atoms with Gasteiger partial charge in [-0.15, -0.1) is 0 Å². The predicted molar refractivity (Wildman–Crippen MR) is 158 cm³/mol. The number of rotatable bonds is 10. The SMILES string of the molecule is CCS(=O)c1ccc([C@H](CO)NC(=O)c2cnc3c(c2)CN(CC2CCC(C(F)(F)F)CC2)[C@H]3CC2CCOCC2)cc1. The summed E-state index contributed by atoms with van der Waals surface area (Å²) in [5, 5.41) is 12.9. The maximum atomic E-state index is 13.3. The van der Waals surface area contributed by atoms with E-state index in [1.165, 1.54) is 0 Å². The fraction of sp³-hybridized carbons (Fsp3) is 0.625. The van der Waals surface area contributed by atoms with Crippen LogP contribution in [0, 0.1) is 17.8 Å². The zero-order chi connectivity index (χ0) is 30.6. The molecular formula is C32H42F3N3O4S. The first-order chi connectivity index (χ1) is 20.7. The number of benzene rings is 1. The molecule has 1 aromatic heterocycles. The fourth-order valence-corrected chi connectivity index (χ4v) is 7.60. The van der Waals surface area contributed by atoms with Crippen molar-refractivity contribution in [3.8, 4) is 0 Å². The molecule has 1 aliphatic carbocycles. The van der Waals surface area contributed by atoms with Gasteiger partial charge in [0, 0.05) is 43.1 Å². The largest absolute Gasteiger partial charge is 0.394 e. The molecule has 3 aliphatic rings. The van der Waals surface area contributed by atoms with Gasteiger partial charge in [0.2, 0.25) is 0 Å². The monoisotopic (exact) mass is 621 g/mol. The number of alkyl halides is 3. The maximum absolute atomic E-state index is 13.3. The van der Waals surface area contributed by atoms with Gasteiger partial charge < -0.3 is 15.2 Å². The second-order valence-electron chi connectivity index (χ2n) is 12.2. The molecule has 1 saturated carbocycles. The number of aromatic nitrogens is 1. The van der Waals surface area contributed by atoms with Crippen molar-refractivity contribution < 1.29 is 32.0 Å². The van der Waals surface area contributed by atoms with Gasteiger partial charge in [-0.1, -0.05) is 19.1 Å². The number of carbonyl (C=O) groups excluding carboxylic acids is 1. The number of aliphatic hydroxyl groups is 1. The standard InChI is InChI=1S/C32H42F3N3O4S/c1-2-43(41)27-9-5-23(6-10-27)28(20-39)37-31(40)24-16-25-19-38(18-22-3-7-26(8-4-22)32(33,34)35)29(30(25)36-17-24)15-21-11-13-42-14-12-21/h5-6,9-10,16-17,21-22,26,28-29,39H,2-4,7-8,11-15,18-20H2,1H3,(H,37,40)/t22?,26?,28-,29-,43?/m0/s1. The lowest BCUT2D eigenvalue weighted by Gasteiger charge is -2.35. The second-order valence-corrected chi connectivity index (χ2v) is 13.9. The van der Waals surface area contributed by atoms with E-state index in [9.17, 15) is 27.3 Å². The number of hydrogen-bond donors (Lipinski definition) is 2. The first-order valence-corrected chi connectivity index (χ1v) is 16.8. The molecule has 3 heterocycles. The molecule has 1 aromatic carbocycles. The van der Waals surface area contributed by atoms with Gasteiger partial charge in [0.15, 0.2) is 0 Å². The Hall–Kier alpha value is -2.34. The van der Waals surface area contributed by atoms with Gasteiger partial charge in [0.05, 0.1) is 46.7 Å². The molecule has 0 bridgehead atoms. The Bertz CT molecular complexity index is 1260. The highest BCUT2D eigenvalue weighted by atomic mass is 32.2. The Morgan fingerprint density at radius 1 is 1.12 bits per heavy atom. The summed E-state index contributed by atoms with van der Waals surface area (Å²) in [5.41, 5.74) is 3.04. The third kappa shape index (κ3) is 7.85. The lowest BCUT2D eigenvalue weighted by molar-refractivity contribution is -0.184. The molecule has 11 heteroatoms. The van der Waals surface area contributed by atoms with E-state index < -0.39 is 28.9 Å². The van der Waals surface area contributed by atoms with Crippen LogP contribution in [0.1, 0.15) is 91.1 Å². The summed E-state index contributed by atoms with van der Waals surface area (Å²) in [6.07, 6.45) is 1.86. The van der Waals surface area contributed by atoms with E-state index in [4.69, 9.17) is 9.72 Å². The summed E-state index contributed by atoms with van der Waals surface area (Å²) >= 11 is 0. The minimum Gasteiger partial charge on any atom is -0.394 e. The highest BCUT2D eigenvalue weighted by molar-refractivity contribution is 7.85. The van der Waals surface area contributed by atoms with Gasteiger partial charge >= 0.3 is 6.18 Å². The van der Waals surface area contributed by atoms with Gasteiger partial charge in [-0.25, -0.2) is 0 Å². The van der Waals surface area contributed by atoms with E-state index in [0.717, 1.165) is 50.3 Å². The molecule has 3 atom stereocenters. The number of nitrogens with one attached hydrogen (secondary N) is 1. The number of nitrogens with zero attached hydrogens (tertiary/aromatic N) is 2. The Morgan fingerprint density at radius 3 is 2.44 bits per heavy atom. The summed E-state index contributed by atoms with van der Waals surface area (Å²) < 4.78 is 57.4.